The Kier molecular flexibility index (Phi) is 12.6. The van der Waals surface area contributed by atoms with E-state index in [1.807, 2.05) is 0 Å². The van der Waals surface area contributed by atoms with E-state index in [-0.39, 0.29) is 0 Å². The Morgan fingerprint density at radius 3 is 1.33 bits per heavy atom. The second kappa shape index (κ2) is 10.6. The van der Waals surface area contributed by atoms with Crippen LogP contribution in [-0.4, -0.2) is 32.8 Å². The van der Waals surface area contributed by atoms with Crippen LogP contribution in [-0.2, 0) is 9.59 Å². The number of hydrogen-bond donors (Lipinski definition) is 2. The lowest BCUT2D eigenvalue weighted by atomic mass is 10.5. The predicted octanol–water partition coefficient (Wildman–Crippen LogP) is 1.49. The number of hydrogen-bond acceptors (Lipinski definition) is 2. The average Bonchev–Trinajstić information content (AvgIpc) is 2.01. The molecule has 0 bridgehead atoms. The molecule has 2 N–H and O–H groups in total. The highest BCUT2D eigenvalue weighted by Crippen LogP contribution is 1.82. The number of aliphatic carboxylic acids is 2. The monoisotopic (exact) mass is 302 g/mol. The first-order chi connectivity index (χ1) is 5.54. The standard InChI is InChI=1S/C4H4O4.C2H4Br2/c5-3(6)1-2-4(7)8;3-1-2-4/h1-2H,(H,5,6)(H,7,8);1-2H2/b2-1-;. The van der Waals surface area contributed by atoms with Crippen LogP contribution >= 0.6 is 31.9 Å². The summed E-state index contributed by atoms with van der Waals surface area (Å²) in [6.45, 7) is 0. The highest BCUT2D eigenvalue weighted by molar-refractivity contribution is 9.11. The van der Waals surface area contributed by atoms with Gasteiger partial charge >= 0.3 is 11.9 Å². The van der Waals surface area contributed by atoms with Gasteiger partial charge in [-0.2, -0.15) is 0 Å². The summed E-state index contributed by atoms with van der Waals surface area (Å²) in [5, 5.41) is 17.7. The first-order valence-corrected chi connectivity index (χ1v) is 5.04. The Bertz CT molecular complexity index is 149. The Hall–Kier alpha value is -0.360. The Balaban J connectivity index is 0. The van der Waals surface area contributed by atoms with Gasteiger partial charge in [0.15, 0.2) is 0 Å². The quantitative estimate of drug-likeness (QED) is 0.612. The van der Waals surface area contributed by atoms with Crippen LogP contribution in [0.3, 0.4) is 0 Å². The minimum absolute atomic E-state index is 0.558. The molecular weight excluding hydrogens is 296 g/mol. The molecule has 0 atom stereocenters. The van der Waals surface area contributed by atoms with Crippen LogP contribution in [0, 0.1) is 0 Å². The molecule has 0 aliphatic rings. The number of rotatable bonds is 3. The molecule has 0 saturated carbocycles. The van der Waals surface area contributed by atoms with Crippen molar-refractivity contribution in [3.8, 4) is 0 Å². The molecule has 0 aromatic carbocycles. The zero-order valence-corrected chi connectivity index (χ0v) is 9.21. The van der Waals surface area contributed by atoms with Crippen molar-refractivity contribution in [2.24, 2.45) is 0 Å². The van der Waals surface area contributed by atoms with Crippen molar-refractivity contribution in [2.75, 3.05) is 10.7 Å². The molecule has 0 amide bonds. The highest BCUT2D eigenvalue weighted by Gasteiger charge is 1.88. The van der Waals surface area contributed by atoms with Gasteiger partial charge in [-0.1, -0.05) is 31.9 Å². The van der Waals surface area contributed by atoms with Crippen LogP contribution in [0.25, 0.3) is 0 Å². The van der Waals surface area contributed by atoms with Gasteiger partial charge in [-0.15, -0.1) is 0 Å². The molecule has 12 heavy (non-hydrogen) atoms. The maximum Gasteiger partial charge on any atom is 0.328 e. The third-order valence-electron chi connectivity index (χ3n) is 0.440. The predicted molar refractivity (Wildman–Crippen MR) is 52.0 cm³/mol. The largest absolute Gasteiger partial charge is 0.478 e. The number of carboxylic acids is 2. The topological polar surface area (TPSA) is 74.6 Å². The number of carboxylic acid groups (broad SMARTS) is 2. The van der Waals surface area contributed by atoms with Gasteiger partial charge in [0.05, 0.1) is 0 Å². The van der Waals surface area contributed by atoms with Gasteiger partial charge in [-0.05, 0) is 0 Å². The van der Waals surface area contributed by atoms with Crippen molar-refractivity contribution in [3.63, 3.8) is 0 Å². The zero-order valence-electron chi connectivity index (χ0n) is 6.04. The van der Waals surface area contributed by atoms with Crippen LogP contribution < -0.4 is 0 Å². The van der Waals surface area contributed by atoms with Crippen LogP contribution in [0.4, 0.5) is 0 Å². The maximum absolute atomic E-state index is 9.55. The SMILES string of the molecule is BrCCBr.O=C(O)/C=C\C(=O)O. The Labute approximate surface area is 86.5 Å². The first-order valence-electron chi connectivity index (χ1n) is 2.80. The number of alkyl halides is 2. The van der Waals surface area contributed by atoms with E-state index in [0.29, 0.717) is 12.2 Å². The molecule has 0 aromatic rings. The number of halogens is 2. The van der Waals surface area contributed by atoms with Crippen LogP contribution in [0.2, 0.25) is 0 Å². The molecule has 0 unspecified atom stereocenters. The summed E-state index contributed by atoms with van der Waals surface area (Å²) in [6, 6.07) is 0. The first kappa shape index (κ1) is 14.2. The molecule has 4 nitrogen and oxygen atoms in total. The molecule has 0 heterocycles. The van der Waals surface area contributed by atoms with E-state index in [0.717, 1.165) is 10.7 Å². The highest BCUT2D eigenvalue weighted by atomic mass is 79.9. The van der Waals surface area contributed by atoms with E-state index in [1.54, 1.807) is 0 Å². The normalized spacial score (nSPS) is 8.83. The van der Waals surface area contributed by atoms with Crippen molar-refractivity contribution in [1.82, 2.24) is 0 Å². The molecular formula is C6H8Br2O4. The molecule has 0 rings (SSSR count). The fraction of sp³-hybridized carbons (Fsp3) is 0.333. The molecule has 6 heteroatoms. The lowest BCUT2D eigenvalue weighted by Gasteiger charge is -1.74. The van der Waals surface area contributed by atoms with E-state index in [2.05, 4.69) is 31.9 Å². The number of carbonyl (C=O) groups is 2. The van der Waals surface area contributed by atoms with E-state index >= 15 is 0 Å². The molecule has 70 valence electrons. The third-order valence-corrected chi connectivity index (χ3v) is 2.30. The van der Waals surface area contributed by atoms with Crippen molar-refractivity contribution >= 4 is 43.8 Å². The van der Waals surface area contributed by atoms with Crippen molar-refractivity contribution in [1.29, 1.82) is 0 Å². The van der Waals surface area contributed by atoms with Gasteiger partial charge in [0.1, 0.15) is 0 Å². The summed E-state index contributed by atoms with van der Waals surface area (Å²) in [6.07, 6.45) is 1.12. The van der Waals surface area contributed by atoms with E-state index in [1.165, 1.54) is 0 Å². The van der Waals surface area contributed by atoms with Crippen LogP contribution in [0.1, 0.15) is 0 Å². The average molecular weight is 304 g/mol. The molecule has 0 radical (unpaired) electrons. The third kappa shape index (κ3) is 22.6. The lowest BCUT2D eigenvalue weighted by Crippen LogP contribution is -1.91. The minimum Gasteiger partial charge on any atom is -0.478 e. The van der Waals surface area contributed by atoms with Gasteiger partial charge in [-0.25, -0.2) is 9.59 Å². The van der Waals surface area contributed by atoms with E-state index < -0.39 is 11.9 Å². The summed E-state index contributed by atoms with van der Waals surface area (Å²) in [5.74, 6) is -2.51. The van der Waals surface area contributed by atoms with Gasteiger partial charge in [0, 0.05) is 22.8 Å². The van der Waals surface area contributed by atoms with E-state index in [9.17, 15) is 9.59 Å². The summed E-state index contributed by atoms with van der Waals surface area (Å²) >= 11 is 6.40. The molecule has 0 aromatic heterocycles. The van der Waals surface area contributed by atoms with Gasteiger partial charge in [0.25, 0.3) is 0 Å². The van der Waals surface area contributed by atoms with Crippen molar-refractivity contribution < 1.29 is 19.8 Å². The lowest BCUT2D eigenvalue weighted by molar-refractivity contribution is -0.134. The molecule has 0 saturated heterocycles. The maximum atomic E-state index is 9.55. The summed E-state index contributed by atoms with van der Waals surface area (Å²) in [7, 11) is 0. The van der Waals surface area contributed by atoms with Crippen LogP contribution in [0.5, 0.6) is 0 Å². The van der Waals surface area contributed by atoms with Crippen molar-refractivity contribution in [3.05, 3.63) is 12.2 Å². The van der Waals surface area contributed by atoms with Gasteiger partial charge in [0.2, 0.25) is 0 Å². The van der Waals surface area contributed by atoms with Crippen LogP contribution in [0.15, 0.2) is 12.2 Å². The summed E-state index contributed by atoms with van der Waals surface area (Å²) in [5.41, 5.74) is 0. The zero-order chi connectivity index (χ0) is 9.98. The fourth-order valence-electron chi connectivity index (χ4n) is 0.143. The smallest absolute Gasteiger partial charge is 0.328 e. The van der Waals surface area contributed by atoms with Gasteiger partial charge in [-0.3, -0.25) is 0 Å². The Morgan fingerprint density at radius 1 is 1.00 bits per heavy atom. The summed E-state index contributed by atoms with van der Waals surface area (Å²) in [4.78, 5) is 19.1. The molecule has 0 fully saturated rings. The van der Waals surface area contributed by atoms with Crippen molar-refractivity contribution in [2.45, 2.75) is 0 Å². The molecule has 0 aliphatic heterocycles. The second-order valence-corrected chi connectivity index (χ2v) is 2.97. The Morgan fingerprint density at radius 2 is 1.25 bits per heavy atom. The second-order valence-electron chi connectivity index (χ2n) is 1.39. The summed E-state index contributed by atoms with van der Waals surface area (Å²) < 4.78 is 0. The van der Waals surface area contributed by atoms with E-state index in [4.69, 9.17) is 10.2 Å². The molecule has 0 spiro atoms. The minimum atomic E-state index is -1.26. The fourth-order valence-corrected chi connectivity index (χ4v) is 0.143. The molecule has 0 aliphatic carbocycles. The van der Waals surface area contributed by atoms with Gasteiger partial charge < -0.3 is 10.2 Å².